The Morgan fingerprint density at radius 3 is 2.05 bits per heavy atom. The Balaban J connectivity index is 0.000000626. The second-order valence-electron chi connectivity index (χ2n) is 4.43. The van der Waals surface area contributed by atoms with Crippen LogP contribution in [0, 0.1) is 0 Å². The van der Waals surface area contributed by atoms with Crippen LogP contribution in [0.15, 0.2) is 36.4 Å². The summed E-state index contributed by atoms with van der Waals surface area (Å²) in [5.74, 6) is -2.63. The van der Waals surface area contributed by atoms with Crippen LogP contribution in [0.25, 0.3) is 0 Å². The zero-order valence-electron chi connectivity index (χ0n) is 12.7. The molecule has 0 radical (unpaired) electrons. The second kappa shape index (κ2) is 10.1. The van der Waals surface area contributed by atoms with E-state index in [2.05, 4.69) is 6.58 Å². The number of carboxylic acids is 2. The fourth-order valence-electron chi connectivity index (χ4n) is 1.23. The third-order valence-corrected chi connectivity index (χ3v) is 2.47. The summed E-state index contributed by atoms with van der Waals surface area (Å²) in [5, 5.41) is 16.8. The Hall–Kier alpha value is -2.63. The maximum Gasteiger partial charge on any atom is 0.339 e. The maximum absolute atomic E-state index is 11.6. The van der Waals surface area contributed by atoms with Gasteiger partial charge in [0.05, 0.1) is 17.7 Å². The predicted octanol–water partition coefficient (Wildman–Crippen LogP) is 2.99. The zero-order chi connectivity index (χ0) is 17.1. The highest BCUT2D eigenvalue weighted by Gasteiger charge is 2.16. The zero-order valence-corrected chi connectivity index (χ0v) is 12.7. The summed E-state index contributed by atoms with van der Waals surface area (Å²) in [6.07, 6.45) is 1.70. The SMILES string of the molecule is C=C(C)C(=O)O.CCCCOC(=O)c1ccccc1C(=O)O. The molecule has 1 aromatic carbocycles. The molecule has 0 spiro atoms. The summed E-state index contributed by atoms with van der Waals surface area (Å²) in [4.78, 5) is 32.0. The summed E-state index contributed by atoms with van der Waals surface area (Å²) in [7, 11) is 0. The van der Waals surface area contributed by atoms with Gasteiger partial charge < -0.3 is 14.9 Å². The van der Waals surface area contributed by atoms with E-state index in [1.54, 1.807) is 12.1 Å². The molecule has 22 heavy (non-hydrogen) atoms. The first kappa shape index (κ1) is 19.4. The van der Waals surface area contributed by atoms with Crippen LogP contribution in [0.4, 0.5) is 0 Å². The highest BCUT2D eigenvalue weighted by Crippen LogP contribution is 2.10. The topological polar surface area (TPSA) is 101 Å². The van der Waals surface area contributed by atoms with Crippen molar-refractivity contribution in [3.63, 3.8) is 0 Å². The molecule has 0 unspecified atom stereocenters. The fourth-order valence-corrected chi connectivity index (χ4v) is 1.23. The van der Waals surface area contributed by atoms with Crippen molar-refractivity contribution >= 4 is 17.9 Å². The third-order valence-electron chi connectivity index (χ3n) is 2.47. The first-order valence-corrected chi connectivity index (χ1v) is 6.69. The Morgan fingerprint density at radius 1 is 1.14 bits per heavy atom. The fraction of sp³-hybridized carbons (Fsp3) is 0.312. The van der Waals surface area contributed by atoms with Gasteiger partial charge in [-0.15, -0.1) is 0 Å². The monoisotopic (exact) mass is 308 g/mol. The lowest BCUT2D eigenvalue weighted by molar-refractivity contribution is -0.132. The standard InChI is InChI=1S/C12H14O4.C4H6O2/c1-2-3-8-16-12(15)10-7-5-4-6-9(10)11(13)14;1-3(2)4(5)6/h4-7H,2-3,8H2,1H3,(H,13,14);1H2,2H3,(H,5,6). The van der Waals surface area contributed by atoms with Gasteiger partial charge in [-0.3, -0.25) is 0 Å². The minimum Gasteiger partial charge on any atom is -0.478 e. The van der Waals surface area contributed by atoms with Crippen molar-refractivity contribution in [1.82, 2.24) is 0 Å². The number of aliphatic carboxylic acids is 1. The number of ether oxygens (including phenoxy) is 1. The number of carbonyl (C=O) groups is 3. The van der Waals surface area contributed by atoms with Gasteiger partial charge in [0.1, 0.15) is 0 Å². The van der Waals surface area contributed by atoms with Gasteiger partial charge in [0.2, 0.25) is 0 Å². The second-order valence-corrected chi connectivity index (χ2v) is 4.43. The van der Waals surface area contributed by atoms with Gasteiger partial charge in [-0.2, -0.15) is 0 Å². The molecule has 0 aliphatic heterocycles. The molecule has 0 aliphatic rings. The first-order valence-electron chi connectivity index (χ1n) is 6.69. The minimum atomic E-state index is -1.12. The molecule has 2 N–H and O–H groups in total. The van der Waals surface area contributed by atoms with E-state index >= 15 is 0 Å². The molecule has 1 aromatic rings. The molecular weight excluding hydrogens is 288 g/mol. The smallest absolute Gasteiger partial charge is 0.339 e. The van der Waals surface area contributed by atoms with Gasteiger partial charge in [-0.1, -0.05) is 32.1 Å². The molecule has 0 heterocycles. The van der Waals surface area contributed by atoms with Crippen LogP contribution in [0.1, 0.15) is 47.4 Å². The number of hydrogen-bond donors (Lipinski definition) is 2. The molecule has 0 aromatic heterocycles. The van der Waals surface area contributed by atoms with Gasteiger partial charge in [-0.25, -0.2) is 14.4 Å². The van der Waals surface area contributed by atoms with Crippen LogP contribution in [-0.4, -0.2) is 34.7 Å². The number of benzene rings is 1. The highest BCUT2D eigenvalue weighted by atomic mass is 16.5. The van der Waals surface area contributed by atoms with E-state index in [1.165, 1.54) is 19.1 Å². The van der Waals surface area contributed by atoms with Crippen LogP contribution >= 0.6 is 0 Å². The number of hydrogen-bond acceptors (Lipinski definition) is 4. The number of rotatable bonds is 6. The van der Waals surface area contributed by atoms with Crippen LogP contribution in [0.3, 0.4) is 0 Å². The van der Waals surface area contributed by atoms with Crippen LogP contribution in [0.2, 0.25) is 0 Å². The van der Waals surface area contributed by atoms with Crippen molar-refractivity contribution in [2.24, 2.45) is 0 Å². The number of carbonyl (C=O) groups excluding carboxylic acids is 1. The van der Waals surface area contributed by atoms with Crippen molar-refractivity contribution in [2.75, 3.05) is 6.61 Å². The quantitative estimate of drug-likeness (QED) is 0.476. The predicted molar refractivity (Wildman–Crippen MR) is 81.0 cm³/mol. The molecule has 6 nitrogen and oxygen atoms in total. The molecule has 0 saturated carbocycles. The van der Waals surface area contributed by atoms with Crippen molar-refractivity contribution < 1.29 is 29.3 Å². The molecule has 6 heteroatoms. The minimum absolute atomic E-state index is 0.0241. The molecule has 0 fully saturated rings. The van der Waals surface area contributed by atoms with E-state index in [4.69, 9.17) is 14.9 Å². The molecule has 0 amide bonds. The van der Waals surface area contributed by atoms with E-state index in [9.17, 15) is 14.4 Å². The average molecular weight is 308 g/mol. The highest BCUT2D eigenvalue weighted by molar-refractivity contribution is 6.02. The van der Waals surface area contributed by atoms with Crippen molar-refractivity contribution in [2.45, 2.75) is 26.7 Å². The number of carboxylic acid groups (broad SMARTS) is 2. The van der Waals surface area contributed by atoms with Crippen LogP contribution in [0.5, 0.6) is 0 Å². The summed E-state index contributed by atoms with van der Waals surface area (Å²) >= 11 is 0. The van der Waals surface area contributed by atoms with Gasteiger partial charge >= 0.3 is 17.9 Å². The van der Waals surface area contributed by atoms with Crippen LogP contribution in [-0.2, 0) is 9.53 Å². The number of unbranched alkanes of at least 4 members (excludes halogenated alkanes) is 1. The third kappa shape index (κ3) is 7.23. The maximum atomic E-state index is 11.6. The van der Waals surface area contributed by atoms with Gasteiger partial charge in [0.15, 0.2) is 0 Å². The molecular formula is C16H20O6. The number of esters is 1. The first-order chi connectivity index (χ1) is 10.3. The van der Waals surface area contributed by atoms with E-state index in [1.807, 2.05) is 6.92 Å². The summed E-state index contributed by atoms with van der Waals surface area (Å²) in [6, 6.07) is 6.03. The molecule has 0 saturated heterocycles. The largest absolute Gasteiger partial charge is 0.478 e. The Morgan fingerprint density at radius 2 is 1.64 bits per heavy atom. The summed E-state index contributed by atoms with van der Waals surface area (Å²) < 4.78 is 4.96. The number of aromatic carboxylic acids is 1. The Bertz CT molecular complexity index is 535. The Labute approximate surface area is 129 Å². The molecule has 1 rings (SSSR count). The lowest BCUT2D eigenvalue weighted by atomic mass is 10.1. The molecule has 0 aliphatic carbocycles. The average Bonchev–Trinajstić information content (AvgIpc) is 2.47. The van der Waals surface area contributed by atoms with E-state index in [0.717, 1.165) is 12.8 Å². The van der Waals surface area contributed by atoms with Crippen molar-refractivity contribution in [3.8, 4) is 0 Å². The van der Waals surface area contributed by atoms with Crippen LogP contribution < -0.4 is 0 Å². The van der Waals surface area contributed by atoms with Gasteiger partial charge in [0, 0.05) is 5.57 Å². The lowest BCUT2D eigenvalue weighted by Crippen LogP contribution is -2.12. The van der Waals surface area contributed by atoms with Crippen molar-refractivity contribution in [3.05, 3.63) is 47.5 Å². The molecule has 120 valence electrons. The van der Waals surface area contributed by atoms with E-state index in [-0.39, 0.29) is 16.7 Å². The lowest BCUT2D eigenvalue weighted by Gasteiger charge is -2.06. The molecule has 0 atom stereocenters. The Kier molecular flexibility index (Phi) is 8.94. The van der Waals surface area contributed by atoms with E-state index < -0.39 is 17.9 Å². The van der Waals surface area contributed by atoms with Gasteiger partial charge in [0.25, 0.3) is 0 Å². The van der Waals surface area contributed by atoms with Crippen molar-refractivity contribution in [1.29, 1.82) is 0 Å². The summed E-state index contributed by atoms with van der Waals surface area (Å²) in [6.45, 7) is 6.91. The summed E-state index contributed by atoms with van der Waals surface area (Å²) in [5.41, 5.74) is 0.255. The normalized spacial score (nSPS) is 9.18. The molecule has 0 bridgehead atoms. The van der Waals surface area contributed by atoms with Gasteiger partial charge in [-0.05, 0) is 25.5 Å². The van der Waals surface area contributed by atoms with E-state index in [0.29, 0.717) is 6.61 Å².